The van der Waals surface area contributed by atoms with Crippen LogP contribution in [-0.2, 0) is 4.79 Å². The summed E-state index contributed by atoms with van der Waals surface area (Å²) >= 11 is 4.42. The lowest BCUT2D eigenvalue weighted by Crippen LogP contribution is -2.43. The van der Waals surface area contributed by atoms with Crippen LogP contribution < -0.4 is 10.6 Å². The van der Waals surface area contributed by atoms with Crippen molar-refractivity contribution in [3.8, 4) is 0 Å². The number of aromatic nitrogens is 2. The Balaban J connectivity index is 2.31. The molecule has 21 heavy (non-hydrogen) atoms. The second-order valence-corrected chi connectivity index (χ2v) is 8.47. The molecule has 0 aliphatic rings. The van der Waals surface area contributed by atoms with E-state index in [-0.39, 0.29) is 17.7 Å². The van der Waals surface area contributed by atoms with Crippen LogP contribution in [-0.4, -0.2) is 39.7 Å². The number of amides is 3. The second kappa shape index (κ2) is 9.26. The van der Waals surface area contributed by atoms with Crippen LogP contribution in [0.25, 0.3) is 0 Å². The number of urea groups is 1. The van der Waals surface area contributed by atoms with Gasteiger partial charge in [0.1, 0.15) is 0 Å². The first-order chi connectivity index (χ1) is 9.86. The van der Waals surface area contributed by atoms with Gasteiger partial charge in [0.05, 0.1) is 5.75 Å². The Kier molecular flexibility index (Phi) is 8.05. The maximum Gasteiger partial charge on any atom is 0.321 e. The van der Waals surface area contributed by atoms with Crippen LogP contribution in [0.15, 0.2) is 8.68 Å². The van der Waals surface area contributed by atoms with E-state index in [4.69, 9.17) is 0 Å². The summed E-state index contributed by atoms with van der Waals surface area (Å²) < 4.78 is 1.64. The standard InChI is InChI=1S/C12H20N4O2S3/c1-7(2)5-19-11-15-16-12(21-11)20-6-9(17)14-10(18)13-8(3)4/h7-8H,5-6H2,1-4H3,(H2,13,14,17,18). The predicted molar refractivity (Wildman–Crippen MR) is 88.0 cm³/mol. The summed E-state index contributed by atoms with van der Waals surface area (Å²) in [5, 5.41) is 13.0. The summed E-state index contributed by atoms with van der Waals surface area (Å²) in [5.74, 6) is 1.40. The van der Waals surface area contributed by atoms with Gasteiger partial charge in [-0.2, -0.15) is 0 Å². The Morgan fingerprint density at radius 3 is 2.33 bits per heavy atom. The minimum Gasteiger partial charge on any atom is -0.336 e. The number of rotatable bonds is 7. The molecule has 0 saturated carbocycles. The molecule has 1 heterocycles. The zero-order chi connectivity index (χ0) is 15.8. The molecule has 0 fully saturated rings. The molecule has 1 aromatic rings. The third-order valence-corrected chi connectivity index (χ3v) is 5.54. The highest BCUT2D eigenvalue weighted by atomic mass is 32.2. The van der Waals surface area contributed by atoms with Gasteiger partial charge < -0.3 is 5.32 Å². The third-order valence-electron chi connectivity index (χ3n) is 1.93. The molecule has 0 radical (unpaired) electrons. The van der Waals surface area contributed by atoms with Gasteiger partial charge in [-0.1, -0.05) is 48.7 Å². The molecule has 1 aromatic heterocycles. The van der Waals surface area contributed by atoms with E-state index in [0.717, 1.165) is 14.4 Å². The first kappa shape index (κ1) is 18.2. The van der Waals surface area contributed by atoms with E-state index >= 15 is 0 Å². The lowest BCUT2D eigenvalue weighted by Gasteiger charge is -2.08. The molecule has 0 spiro atoms. The van der Waals surface area contributed by atoms with E-state index in [0.29, 0.717) is 5.92 Å². The largest absolute Gasteiger partial charge is 0.336 e. The highest BCUT2D eigenvalue weighted by Gasteiger charge is 2.11. The van der Waals surface area contributed by atoms with Crippen LogP contribution in [0.4, 0.5) is 4.79 Å². The molecular formula is C12H20N4O2S3. The fourth-order valence-corrected chi connectivity index (χ4v) is 3.94. The molecule has 2 N–H and O–H groups in total. The molecule has 0 aromatic carbocycles. The van der Waals surface area contributed by atoms with E-state index in [9.17, 15) is 9.59 Å². The average Bonchev–Trinajstić information content (AvgIpc) is 2.80. The van der Waals surface area contributed by atoms with Crippen molar-refractivity contribution in [3.63, 3.8) is 0 Å². The van der Waals surface area contributed by atoms with Gasteiger partial charge in [-0.3, -0.25) is 10.1 Å². The summed E-state index contributed by atoms with van der Waals surface area (Å²) in [5.41, 5.74) is 0. The number of thioether (sulfide) groups is 2. The van der Waals surface area contributed by atoms with Gasteiger partial charge in [0.15, 0.2) is 8.68 Å². The number of carbonyl (C=O) groups is 2. The van der Waals surface area contributed by atoms with Gasteiger partial charge in [-0.15, -0.1) is 10.2 Å². The van der Waals surface area contributed by atoms with Crippen molar-refractivity contribution >= 4 is 46.8 Å². The number of hydrogen-bond acceptors (Lipinski definition) is 7. The highest BCUT2D eigenvalue weighted by Crippen LogP contribution is 2.29. The summed E-state index contributed by atoms with van der Waals surface area (Å²) in [6.07, 6.45) is 0. The smallest absolute Gasteiger partial charge is 0.321 e. The molecule has 0 aliphatic carbocycles. The van der Waals surface area contributed by atoms with Crippen LogP contribution in [0, 0.1) is 5.92 Å². The number of imide groups is 1. The molecule has 0 atom stereocenters. The Morgan fingerprint density at radius 2 is 1.76 bits per heavy atom. The molecule has 0 saturated heterocycles. The number of nitrogens with one attached hydrogen (secondary N) is 2. The van der Waals surface area contributed by atoms with Crippen molar-refractivity contribution in [1.29, 1.82) is 0 Å². The molecule has 3 amide bonds. The van der Waals surface area contributed by atoms with Gasteiger partial charge in [-0.25, -0.2) is 4.79 Å². The zero-order valence-electron chi connectivity index (χ0n) is 12.5. The maximum atomic E-state index is 11.6. The Labute approximate surface area is 137 Å². The molecule has 0 unspecified atom stereocenters. The molecule has 0 bridgehead atoms. The molecule has 0 aliphatic heterocycles. The molecule has 118 valence electrons. The van der Waals surface area contributed by atoms with Gasteiger partial charge >= 0.3 is 6.03 Å². The van der Waals surface area contributed by atoms with Gasteiger partial charge in [-0.05, 0) is 19.8 Å². The van der Waals surface area contributed by atoms with E-state index in [1.807, 2.05) is 13.8 Å². The summed E-state index contributed by atoms with van der Waals surface area (Å²) in [6.45, 7) is 7.96. The van der Waals surface area contributed by atoms with E-state index in [1.165, 1.54) is 23.1 Å². The van der Waals surface area contributed by atoms with Crippen molar-refractivity contribution in [2.75, 3.05) is 11.5 Å². The van der Waals surface area contributed by atoms with Crippen LogP contribution in [0.3, 0.4) is 0 Å². The lowest BCUT2D eigenvalue weighted by atomic mass is 10.3. The minimum atomic E-state index is -0.471. The third kappa shape index (κ3) is 8.27. The topological polar surface area (TPSA) is 84.0 Å². The molecular weight excluding hydrogens is 328 g/mol. The van der Waals surface area contributed by atoms with E-state index in [1.54, 1.807) is 11.8 Å². The monoisotopic (exact) mass is 348 g/mol. The SMILES string of the molecule is CC(C)CSc1nnc(SCC(=O)NC(=O)NC(C)C)s1. The normalized spacial score (nSPS) is 11.0. The van der Waals surface area contributed by atoms with Crippen molar-refractivity contribution < 1.29 is 9.59 Å². The van der Waals surface area contributed by atoms with Crippen molar-refractivity contribution in [1.82, 2.24) is 20.8 Å². The fourth-order valence-electron chi connectivity index (χ4n) is 1.14. The van der Waals surface area contributed by atoms with Crippen molar-refractivity contribution in [3.05, 3.63) is 0 Å². The minimum absolute atomic E-state index is 0.00541. The first-order valence-electron chi connectivity index (χ1n) is 6.56. The van der Waals surface area contributed by atoms with Crippen LogP contribution in [0.2, 0.25) is 0 Å². The molecule has 9 heteroatoms. The zero-order valence-corrected chi connectivity index (χ0v) is 15.0. The van der Waals surface area contributed by atoms with Gasteiger partial charge in [0.25, 0.3) is 0 Å². The fraction of sp³-hybridized carbons (Fsp3) is 0.667. The quantitative estimate of drug-likeness (QED) is 0.737. The Bertz CT molecular complexity index is 477. The average molecular weight is 349 g/mol. The summed E-state index contributed by atoms with van der Waals surface area (Å²) in [7, 11) is 0. The lowest BCUT2D eigenvalue weighted by molar-refractivity contribution is -0.117. The Hall–Kier alpha value is -0.800. The highest BCUT2D eigenvalue weighted by molar-refractivity contribution is 8.03. The predicted octanol–water partition coefficient (Wildman–Crippen LogP) is 2.61. The van der Waals surface area contributed by atoms with Crippen LogP contribution in [0.1, 0.15) is 27.7 Å². The van der Waals surface area contributed by atoms with E-state index in [2.05, 4.69) is 34.7 Å². The van der Waals surface area contributed by atoms with Crippen LogP contribution in [0.5, 0.6) is 0 Å². The second-order valence-electron chi connectivity index (χ2n) is 5.00. The van der Waals surface area contributed by atoms with Gasteiger partial charge in [0, 0.05) is 11.8 Å². The molecule has 6 nitrogen and oxygen atoms in total. The summed E-state index contributed by atoms with van der Waals surface area (Å²) in [4.78, 5) is 22.9. The van der Waals surface area contributed by atoms with Gasteiger partial charge in [0.2, 0.25) is 5.91 Å². The Morgan fingerprint density at radius 1 is 1.14 bits per heavy atom. The molecule has 1 rings (SSSR count). The number of hydrogen-bond donors (Lipinski definition) is 2. The maximum absolute atomic E-state index is 11.6. The summed E-state index contributed by atoms with van der Waals surface area (Å²) in [6, 6.07) is -0.477. The first-order valence-corrected chi connectivity index (χ1v) is 9.35. The van der Waals surface area contributed by atoms with Crippen molar-refractivity contribution in [2.45, 2.75) is 42.4 Å². The van der Waals surface area contributed by atoms with Crippen molar-refractivity contribution in [2.24, 2.45) is 5.92 Å². The van der Waals surface area contributed by atoms with E-state index < -0.39 is 6.03 Å². The van der Waals surface area contributed by atoms with Crippen LogP contribution >= 0.6 is 34.9 Å². The number of carbonyl (C=O) groups excluding carboxylic acids is 2. The number of nitrogens with zero attached hydrogens (tertiary/aromatic N) is 2.